The maximum absolute atomic E-state index is 11.0. The van der Waals surface area contributed by atoms with Crippen LogP contribution in [-0.2, 0) is 5.11 Å². The summed E-state index contributed by atoms with van der Waals surface area (Å²) in [6.07, 6.45) is 1.60. The van der Waals surface area contributed by atoms with Crippen molar-refractivity contribution < 1.29 is 9.84 Å². The van der Waals surface area contributed by atoms with Crippen LogP contribution in [0.3, 0.4) is 0 Å². The van der Waals surface area contributed by atoms with Crippen molar-refractivity contribution in [1.82, 2.24) is 0 Å². The predicted octanol–water partition coefficient (Wildman–Crippen LogP) is 2.40. The summed E-state index contributed by atoms with van der Waals surface area (Å²) in [5, 5.41) is 11.0. The summed E-state index contributed by atoms with van der Waals surface area (Å²) in [6, 6.07) is 6.56. The van der Waals surface area contributed by atoms with Crippen LogP contribution >= 0.6 is 0 Å². The van der Waals surface area contributed by atoms with Crippen molar-refractivity contribution in [3.63, 3.8) is 0 Å². The first-order valence-electron chi connectivity index (χ1n) is 3.34. The van der Waals surface area contributed by atoms with E-state index in [9.17, 15) is 5.11 Å². The number of hydrogen-bond acceptors (Lipinski definition) is 1. The van der Waals surface area contributed by atoms with Crippen LogP contribution in [0.5, 0.6) is 11.5 Å². The van der Waals surface area contributed by atoms with Crippen LogP contribution in [0.4, 0.5) is 0 Å². The van der Waals surface area contributed by atoms with Crippen LogP contribution in [0.2, 0.25) is 0 Å². The van der Waals surface area contributed by atoms with Gasteiger partial charge in [0, 0.05) is 0 Å². The van der Waals surface area contributed by atoms with Gasteiger partial charge in [-0.15, -0.1) is 0 Å². The van der Waals surface area contributed by atoms with Crippen LogP contribution in [0.1, 0.15) is 0 Å². The van der Waals surface area contributed by atoms with Gasteiger partial charge in [-0.1, -0.05) is 24.8 Å². The van der Waals surface area contributed by atoms with Gasteiger partial charge in [0.1, 0.15) is 6.61 Å². The molecule has 1 radical (unpaired) electrons. The fourth-order valence-corrected chi connectivity index (χ4v) is 0.718. The summed E-state index contributed by atoms with van der Waals surface area (Å²) in [6.45, 7) is 3.85. The molecule has 0 aliphatic heterocycles. The fraction of sp³-hybridized carbons (Fsp3) is 0.111. The molecule has 0 atom stereocenters. The summed E-state index contributed by atoms with van der Waals surface area (Å²) in [4.78, 5) is 0. The van der Waals surface area contributed by atoms with Crippen molar-refractivity contribution in [3.8, 4) is 11.5 Å². The molecule has 1 aromatic rings. The molecule has 0 aliphatic rings. The first-order valence-corrected chi connectivity index (χ1v) is 3.34. The first-order chi connectivity index (χ1) is 5.34. The minimum absolute atomic E-state index is 0.0886. The van der Waals surface area contributed by atoms with Gasteiger partial charge in [0.05, 0.1) is 0 Å². The van der Waals surface area contributed by atoms with Gasteiger partial charge in [0.15, 0.2) is 5.75 Å². The summed E-state index contributed by atoms with van der Waals surface area (Å²) in [5.41, 5.74) is 0. The monoisotopic (exact) mass is 149 g/mol. The Morgan fingerprint density at radius 2 is 2.18 bits per heavy atom. The molecule has 0 N–H and O–H groups in total. The molecule has 0 unspecified atom stereocenters. The Balaban J connectivity index is 2.69. The second-order valence-electron chi connectivity index (χ2n) is 2.05. The number of ether oxygens (including phenoxy) is 1. The first kappa shape index (κ1) is 7.66. The van der Waals surface area contributed by atoms with E-state index in [0.29, 0.717) is 12.4 Å². The van der Waals surface area contributed by atoms with E-state index in [4.69, 9.17) is 4.74 Å². The molecule has 0 spiro atoms. The minimum atomic E-state index is -0.0886. The molecule has 0 fully saturated rings. The second kappa shape index (κ2) is 3.66. The van der Waals surface area contributed by atoms with Crippen molar-refractivity contribution >= 4 is 0 Å². The Bertz CT molecular complexity index is 243. The van der Waals surface area contributed by atoms with Crippen LogP contribution in [-0.4, -0.2) is 6.61 Å². The van der Waals surface area contributed by atoms with Crippen molar-refractivity contribution in [1.29, 1.82) is 0 Å². The van der Waals surface area contributed by atoms with Crippen LogP contribution < -0.4 is 4.74 Å². The third kappa shape index (κ3) is 2.00. The Hall–Kier alpha value is -1.44. The largest absolute Gasteiger partial charge is 0.485 e. The quantitative estimate of drug-likeness (QED) is 0.606. The SMILES string of the molecule is C=CCOc1ccccc1[O]. The van der Waals surface area contributed by atoms with Crippen molar-refractivity contribution in [2.45, 2.75) is 0 Å². The molecule has 2 nitrogen and oxygen atoms in total. The average molecular weight is 149 g/mol. The Kier molecular flexibility index (Phi) is 2.55. The zero-order valence-corrected chi connectivity index (χ0v) is 6.12. The molecule has 1 rings (SSSR count). The Morgan fingerprint density at radius 3 is 2.82 bits per heavy atom. The highest BCUT2D eigenvalue weighted by atomic mass is 16.5. The molecule has 1 aromatic carbocycles. The molecule has 2 heteroatoms. The van der Waals surface area contributed by atoms with E-state index in [1.807, 2.05) is 0 Å². The number of benzene rings is 1. The van der Waals surface area contributed by atoms with E-state index < -0.39 is 0 Å². The molecule has 0 saturated heterocycles. The standard InChI is InChI=1S/C9H9O2/c1-2-7-11-9-6-4-3-5-8(9)10/h2-6H,1,7H2. The molecule has 0 heterocycles. The maximum Gasteiger partial charge on any atom is 0.220 e. The van der Waals surface area contributed by atoms with E-state index >= 15 is 0 Å². The Labute approximate surface area is 65.7 Å². The molecule has 11 heavy (non-hydrogen) atoms. The minimum Gasteiger partial charge on any atom is -0.485 e. The molecular weight excluding hydrogens is 140 g/mol. The lowest BCUT2D eigenvalue weighted by atomic mass is 10.3. The van der Waals surface area contributed by atoms with Gasteiger partial charge in [-0.25, -0.2) is 0 Å². The van der Waals surface area contributed by atoms with Gasteiger partial charge in [-0.2, -0.15) is 0 Å². The summed E-state index contributed by atoms with van der Waals surface area (Å²) < 4.78 is 5.06. The lowest BCUT2D eigenvalue weighted by Gasteiger charge is -2.01. The van der Waals surface area contributed by atoms with Crippen LogP contribution in [0.15, 0.2) is 36.9 Å². The number of para-hydroxylation sites is 2. The van der Waals surface area contributed by atoms with Gasteiger partial charge in [-0.3, -0.25) is 5.11 Å². The molecular formula is C9H9O2. The normalized spacial score (nSPS) is 9.09. The highest BCUT2D eigenvalue weighted by Gasteiger charge is 1.99. The van der Waals surface area contributed by atoms with Gasteiger partial charge in [-0.05, 0) is 12.1 Å². The summed E-state index contributed by atoms with van der Waals surface area (Å²) in [7, 11) is 0. The zero-order valence-electron chi connectivity index (χ0n) is 6.12. The lowest BCUT2D eigenvalue weighted by Crippen LogP contribution is -1.91. The zero-order chi connectivity index (χ0) is 8.10. The number of hydrogen-bond donors (Lipinski definition) is 0. The summed E-state index contributed by atoms with van der Waals surface area (Å²) in [5.74, 6) is 0.293. The number of rotatable bonds is 3. The van der Waals surface area contributed by atoms with Gasteiger partial charge >= 0.3 is 0 Å². The van der Waals surface area contributed by atoms with E-state index in [2.05, 4.69) is 6.58 Å². The fourth-order valence-electron chi connectivity index (χ4n) is 0.718. The van der Waals surface area contributed by atoms with Crippen molar-refractivity contribution in [2.75, 3.05) is 6.61 Å². The Morgan fingerprint density at radius 1 is 1.45 bits per heavy atom. The topological polar surface area (TPSA) is 29.1 Å². The molecule has 0 bridgehead atoms. The van der Waals surface area contributed by atoms with Gasteiger partial charge in [0.25, 0.3) is 0 Å². The second-order valence-corrected chi connectivity index (χ2v) is 2.05. The van der Waals surface area contributed by atoms with E-state index in [1.54, 1.807) is 24.3 Å². The van der Waals surface area contributed by atoms with Gasteiger partial charge in [0.2, 0.25) is 5.75 Å². The van der Waals surface area contributed by atoms with E-state index in [1.165, 1.54) is 6.07 Å². The van der Waals surface area contributed by atoms with Crippen molar-refractivity contribution in [3.05, 3.63) is 36.9 Å². The van der Waals surface area contributed by atoms with Crippen molar-refractivity contribution in [2.24, 2.45) is 0 Å². The predicted molar refractivity (Wildman–Crippen MR) is 42.3 cm³/mol. The molecule has 0 aromatic heterocycles. The van der Waals surface area contributed by atoms with Crippen LogP contribution in [0, 0.1) is 0 Å². The smallest absolute Gasteiger partial charge is 0.220 e. The highest BCUT2D eigenvalue weighted by molar-refractivity contribution is 5.37. The maximum atomic E-state index is 11.0. The van der Waals surface area contributed by atoms with E-state index in [0.717, 1.165) is 0 Å². The van der Waals surface area contributed by atoms with Crippen LogP contribution in [0.25, 0.3) is 0 Å². The summed E-state index contributed by atoms with van der Waals surface area (Å²) >= 11 is 0. The molecule has 57 valence electrons. The highest BCUT2D eigenvalue weighted by Crippen LogP contribution is 2.24. The lowest BCUT2D eigenvalue weighted by molar-refractivity contribution is 0.298. The third-order valence-corrected chi connectivity index (χ3v) is 1.21. The third-order valence-electron chi connectivity index (χ3n) is 1.21. The molecule has 0 aliphatic carbocycles. The average Bonchev–Trinajstić information content (AvgIpc) is 2.03. The van der Waals surface area contributed by atoms with Gasteiger partial charge < -0.3 is 4.74 Å². The molecule has 0 amide bonds. The van der Waals surface area contributed by atoms with E-state index in [-0.39, 0.29) is 5.75 Å². The molecule has 0 saturated carbocycles.